The summed E-state index contributed by atoms with van der Waals surface area (Å²) in [5, 5.41) is 9.72. The summed E-state index contributed by atoms with van der Waals surface area (Å²) >= 11 is 6.10. The molecule has 0 aliphatic rings. The molecular formula is C15H13ClO3. The summed E-state index contributed by atoms with van der Waals surface area (Å²) in [5.41, 5.74) is 2.70. The number of ether oxygens (including phenoxy) is 1. The van der Waals surface area contributed by atoms with Gasteiger partial charge < -0.3 is 9.84 Å². The Morgan fingerprint density at radius 3 is 2.58 bits per heavy atom. The molecule has 0 amide bonds. The molecule has 0 aromatic heterocycles. The molecule has 0 fully saturated rings. The smallest absolute Gasteiger partial charge is 0.335 e. The molecule has 0 heterocycles. The van der Waals surface area contributed by atoms with E-state index in [1.54, 1.807) is 25.3 Å². The number of hydrogen-bond acceptors (Lipinski definition) is 2. The van der Waals surface area contributed by atoms with Crippen LogP contribution in [0.4, 0.5) is 0 Å². The van der Waals surface area contributed by atoms with E-state index >= 15 is 0 Å². The van der Waals surface area contributed by atoms with Crippen LogP contribution in [0.2, 0.25) is 5.02 Å². The Morgan fingerprint density at radius 1 is 1.21 bits per heavy atom. The Morgan fingerprint density at radius 2 is 1.95 bits per heavy atom. The van der Waals surface area contributed by atoms with Gasteiger partial charge in [0.25, 0.3) is 0 Å². The highest BCUT2D eigenvalue weighted by molar-refractivity contribution is 6.31. The predicted molar refractivity (Wildman–Crippen MR) is 75.1 cm³/mol. The first kappa shape index (κ1) is 13.4. The second-order valence-electron chi connectivity index (χ2n) is 4.13. The molecule has 3 nitrogen and oxygen atoms in total. The quantitative estimate of drug-likeness (QED) is 0.921. The Labute approximate surface area is 116 Å². The zero-order valence-corrected chi connectivity index (χ0v) is 11.4. The van der Waals surface area contributed by atoms with Gasteiger partial charge in [-0.25, -0.2) is 4.79 Å². The summed E-state index contributed by atoms with van der Waals surface area (Å²) in [6.07, 6.45) is 0. The van der Waals surface area contributed by atoms with Crippen LogP contribution in [0, 0.1) is 6.92 Å². The van der Waals surface area contributed by atoms with Crippen molar-refractivity contribution < 1.29 is 14.6 Å². The van der Waals surface area contributed by atoms with Gasteiger partial charge in [0.15, 0.2) is 0 Å². The van der Waals surface area contributed by atoms with Crippen molar-refractivity contribution in [2.75, 3.05) is 7.11 Å². The molecule has 0 aliphatic carbocycles. The zero-order chi connectivity index (χ0) is 14.0. The second-order valence-corrected chi connectivity index (χ2v) is 4.54. The summed E-state index contributed by atoms with van der Waals surface area (Å²) in [5.74, 6) is -0.348. The minimum atomic E-state index is -0.969. The van der Waals surface area contributed by atoms with E-state index in [-0.39, 0.29) is 5.56 Å². The van der Waals surface area contributed by atoms with Crippen LogP contribution in [0.3, 0.4) is 0 Å². The lowest BCUT2D eigenvalue weighted by atomic mass is 9.98. The van der Waals surface area contributed by atoms with E-state index in [0.29, 0.717) is 10.8 Å². The molecule has 19 heavy (non-hydrogen) atoms. The third-order valence-corrected chi connectivity index (χ3v) is 3.41. The van der Waals surface area contributed by atoms with E-state index in [9.17, 15) is 4.79 Å². The molecule has 98 valence electrons. The molecule has 0 saturated carbocycles. The van der Waals surface area contributed by atoms with Crippen molar-refractivity contribution in [2.24, 2.45) is 0 Å². The number of carboxylic acid groups (broad SMARTS) is 1. The van der Waals surface area contributed by atoms with Gasteiger partial charge in [-0.05, 0) is 42.3 Å². The maximum atomic E-state index is 11.1. The number of benzene rings is 2. The van der Waals surface area contributed by atoms with E-state index in [1.807, 2.05) is 19.1 Å². The van der Waals surface area contributed by atoms with Gasteiger partial charge in [-0.15, -0.1) is 0 Å². The van der Waals surface area contributed by atoms with Crippen LogP contribution in [-0.4, -0.2) is 18.2 Å². The Bertz CT molecular complexity index is 635. The third-order valence-electron chi connectivity index (χ3n) is 3.00. The SMILES string of the molecule is COc1ccc(C(=O)O)cc1-c1cccc(Cl)c1C. The second kappa shape index (κ2) is 5.33. The van der Waals surface area contributed by atoms with Crippen LogP contribution in [0.25, 0.3) is 11.1 Å². The standard InChI is InChI=1S/C15H13ClO3/c1-9-11(4-3-5-13(9)16)12-8-10(15(17)18)6-7-14(12)19-2/h3-8H,1-2H3,(H,17,18). The predicted octanol–water partition coefficient (Wildman–Crippen LogP) is 4.02. The van der Waals surface area contributed by atoms with Gasteiger partial charge in [-0.2, -0.15) is 0 Å². The van der Waals surface area contributed by atoms with Gasteiger partial charge in [-0.1, -0.05) is 23.7 Å². The molecule has 0 aliphatic heterocycles. The van der Waals surface area contributed by atoms with Crippen molar-refractivity contribution in [1.29, 1.82) is 0 Å². The number of hydrogen-bond donors (Lipinski definition) is 1. The van der Waals surface area contributed by atoms with Gasteiger partial charge in [0, 0.05) is 10.6 Å². The lowest BCUT2D eigenvalue weighted by molar-refractivity contribution is 0.0697. The van der Waals surface area contributed by atoms with Gasteiger partial charge in [0.1, 0.15) is 5.75 Å². The van der Waals surface area contributed by atoms with Gasteiger partial charge in [0.05, 0.1) is 12.7 Å². The number of aromatic carboxylic acids is 1. The Balaban J connectivity index is 2.68. The van der Waals surface area contributed by atoms with E-state index in [0.717, 1.165) is 16.7 Å². The maximum Gasteiger partial charge on any atom is 0.335 e. The lowest BCUT2D eigenvalue weighted by Crippen LogP contribution is -1.98. The molecule has 2 rings (SSSR count). The van der Waals surface area contributed by atoms with Crippen molar-refractivity contribution in [3.05, 3.63) is 52.5 Å². The van der Waals surface area contributed by atoms with E-state index < -0.39 is 5.97 Å². The first-order valence-corrected chi connectivity index (χ1v) is 6.09. The molecule has 0 spiro atoms. The molecule has 1 N–H and O–H groups in total. The minimum absolute atomic E-state index is 0.218. The molecule has 0 bridgehead atoms. The van der Waals surface area contributed by atoms with Crippen molar-refractivity contribution in [1.82, 2.24) is 0 Å². The molecule has 2 aromatic rings. The highest BCUT2D eigenvalue weighted by atomic mass is 35.5. The molecular weight excluding hydrogens is 264 g/mol. The van der Waals surface area contributed by atoms with Crippen LogP contribution in [0.15, 0.2) is 36.4 Å². The van der Waals surface area contributed by atoms with E-state index in [2.05, 4.69) is 0 Å². The first-order chi connectivity index (χ1) is 9.04. The molecule has 4 heteroatoms. The van der Waals surface area contributed by atoms with Crippen LogP contribution >= 0.6 is 11.6 Å². The van der Waals surface area contributed by atoms with Crippen LogP contribution in [0.1, 0.15) is 15.9 Å². The normalized spacial score (nSPS) is 10.3. The van der Waals surface area contributed by atoms with E-state index in [1.165, 1.54) is 6.07 Å². The fraction of sp³-hybridized carbons (Fsp3) is 0.133. The van der Waals surface area contributed by atoms with Gasteiger partial charge in [0.2, 0.25) is 0 Å². The molecule has 0 atom stereocenters. The number of carbonyl (C=O) groups is 1. The third kappa shape index (κ3) is 2.56. The average Bonchev–Trinajstić information content (AvgIpc) is 2.41. The highest BCUT2D eigenvalue weighted by Crippen LogP contribution is 2.35. The summed E-state index contributed by atoms with van der Waals surface area (Å²) < 4.78 is 5.29. The van der Waals surface area contributed by atoms with Crippen molar-refractivity contribution in [3.63, 3.8) is 0 Å². The summed E-state index contributed by atoms with van der Waals surface area (Å²) in [6.45, 7) is 1.89. The summed E-state index contributed by atoms with van der Waals surface area (Å²) in [4.78, 5) is 11.1. The number of halogens is 1. The molecule has 2 aromatic carbocycles. The van der Waals surface area contributed by atoms with Gasteiger partial charge >= 0.3 is 5.97 Å². The van der Waals surface area contributed by atoms with Crippen LogP contribution < -0.4 is 4.74 Å². The van der Waals surface area contributed by atoms with Crippen LogP contribution in [0.5, 0.6) is 5.75 Å². The average molecular weight is 277 g/mol. The monoisotopic (exact) mass is 276 g/mol. The van der Waals surface area contributed by atoms with Crippen molar-refractivity contribution in [3.8, 4) is 16.9 Å². The Hall–Kier alpha value is -2.00. The fourth-order valence-corrected chi connectivity index (χ4v) is 2.13. The summed E-state index contributed by atoms with van der Waals surface area (Å²) in [6, 6.07) is 10.3. The molecule has 0 unspecified atom stereocenters. The van der Waals surface area contributed by atoms with Gasteiger partial charge in [-0.3, -0.25) is 0 Å². The van der Waals surface area contributed by atoms with E-state index in [4.69, 9.17) is 21.4 Å². The summed E-state index contributed by atoms with van der Waals surface area (Å²) in [7, 11) is 1.55. The zero-order valence-electron chi connectivity index (χ0n) is 10.6. The molecule has 0 radical (unpaired) electrons. The fourth-order valence-electron chi connectivity index (χ4n) is 1.95. The number of methoxy groups -OCH3 is 1. The first-order valence-electron chi connectivity index (χ1n) is 5.71. The Kier molecular flexibility index (Phi) is 3.76. The van der Waals surface area contributed by atoms with Crippen LogP contribution in [-0.2, 0) is 0 Å². The van der Waals surface area contributed by atoms with Crippen molar-refractivity contribution in [2.45, 2.75) is 6.92 Å². The topological polar surface area (TPSA) is 46.5 Å². The lowest BCUT2D eigenvalue weighted by Gasteiger charge is -2.12. The number of rotatable bonds is 3. The highest BCUT2D eigenvalue weighted by Gasteiger charge is 2.13. The maximum absolute atomic E-state index is 11.1. The number of carboxylic acids is 1. The minimum Gasteiger partial charge on any atom is -0.496 e. The largest absolute Gasteiger partial charge is 0.496 e. The van der Waals surface area contributed by atoms with Crippen molar-refractivity contribution >= 4 is 17.6 Å². The molecule has 0 saturated heterocycles.